The molecule has 1 heterocycles. The molecule has 3 rings (SSSR count). The largest absolute Gasteiger partial charge is 0.497 e. The van der Waals surface area contributed by atoms with Gasteiger partial charge in [-0.15, -0.1) is 0 Å². The van der Waals surface area contributed by atoms with Crippen LogP contribution in [0.15, 0.2) is 48.5 Å². The van der Waals surface area contributed by atoms with Crippen LogP contribution < -0.4 is 25.4 Å². The van der Waals surface area contributed by atoms with Crippen molar-refractivity contribution in [2.75, 3.05) is 51.9 Å². The van der Waals surface area contributed by atoms with E-state index < -0.39 is 0 Å². The summed E-state index contributed by atoms with van der Waals surface area (Å²) in [6.45, 7) is 4.16. The van der Waals surface area contributed by atoms with Gasteiger partial charge in [0.25, 0.3) is 0 Å². The summed E-state index contributed by atoms with van der Waals surface area (Å²) in [5, 5.41) is 11.0. The van der Waals surface area contributed by atoms with Gasteiger partial charge in [-0.2, -0.15) is 23.5 Å². The smallest absolute Gasteiger partial charge is 0.118 e. The van der Waals surface area contributed by atoms with Crippen molar-refractivity contribution >= 4 is 23.5 Å². The van der Waals surface area contributed by atoms with Crippen molar-refractivity contribution in [3.05, 3.63) is 59.7 Å². The van der Waals surface area contributed by atoms with Crippen LogP contribution >= 0.6 is 23.5 Å². The molecule has 7 heteroatoms. The number of methoxy groups -OCH3 is 2. The lowest BCUT2D eigenvalue weighted by atomic mass is 10.2. The van der Waals surface area contributed by atoms with E-state index in [1.165, 1.54) is 11.1 Å². The Morgan fingerprint density at radius 3 is 1.55 bits per heavy atom. The summed E-state index contributed by atoms with van der Waals surface area (Å²) >= 11 is 3.95. The van der Waals surface area contributed by atoms with Crippen molar-refractivity contribution in [1.82, 2.24) is 16.0 Å². The van der Waals surface area contributed by atoms with E-state index in [4.69, 9.17) is 9.47 Å². The van der Waals surface area contributed by atoms with Crippen LogP contribution in [-0.2, 0) is 11.5 Å². The molecule has 2 aromatic rings. The molecule has 0 radical (unpaired) electrons. The quantitative estimate of drug-likeness (QED) is 0.373. The van der Waals surface area contributed by atoms with E-state index in [2.05, 4.69) is 40.2 Å². The first kappa shape index (κ1) is 24.3. The summed E-state index contributed by atoms with van der Waals surface area (Å²) in [6.07, 6.45) is 0. The van der Waals surface area contributed by atoms with Crippen LogP contribution in [0.1, 0.15) is 11.1 Å². The molecule has 1 saturated heterocycles. The van der Waals surface area contributed by atoms with Crippen molar-refractivity contribution < 1.29 is 9.47 Å². The minimum Gasteiger partial charge on any atom is -0.497 e. The highest BCUT2D eigenvalue weighted by Crippen LogP contribution is 2.17. The van der Waals surface area contributed by atoms with E-state index in [-0.39, 0.29) is 0 Å². The first-order chi connectivity index (χ1) is 15.3. The van der Waals surface area contributed by atoms with E-state index in [9.17, 15) is 0 Å². The Labute approximate surface area is 195 Å². The van der Waals surface area contributed by atoms with Crippen molar-refractivity contribution in [1.29, 1.82) is 0 Å². The molecule has 0 amide bonds. The molecule has 1 aliphatic heterocycles. The van der Waals surface area contributed by atoms with Gasteiger partial charge in [0.05, 0.1) is 14.2 Å². The Hall–Kier alpha value is -1.38. The number of ether oxygens (including phenoxy) is 2. The topological polar surface area (TPSA) is 54.5 Å². The zero-order valence-electron chi connectivity index (χ0n) is 18.6. The third kappa shape index (κ3) is 8.58. The fraction of sp³-hybridized carbons (Fsp3) is 0.500. The summed E-state index contributed by atoms with van der Waals surface area (Å²) < 4.78 is 10.4. The number of hydrogen-bond acceptors (Lipinski definition) is 7. The minimum absolute atomic E-state index is 0.508. The predicted molar refractivity (Wildman–Crippen MR) is 135 cm³/mol. The normalized spacial score (nSPS) is 18.3. The second kappa shape index (κ2) is 13.9. The van der Waals surface area contributed by atoms with Gasteiger partial charge in [-0.1, -0.05) is 24.3 Å². The van der Waals surface area contributed by atoms with Gasteiger partial charge in [0.2, 0.25) is 0 Å². The van der Waals surface area contributed by atoms with Gasteiger partial charge in [0.1, 0.15) is 11.5 Å². The lowest BCUT2D eigenvalue weighted by molar-refractivity contribution is 0.414. The van der Waals surface area contributed by atoms with E-state index in [0.717, 1.165) is 60.7 Å². The van der Waals surface area contributed by atoms with Gasteiger partial charge < -0.3 is 25.4 Å². The predicted octanol–water partition coefficient (Wildman–Crippen LogP) is 3.39. The van der Waals surface area contributed by atoms with Crippen LogP contribution in [0.5, 0.6) is 11.5 Å². The first-order valence-corrected chi connectivity index (χ1v) is 13.2. The Bertz CT molecular complexity index is 680. The second-order valence-electron chi connectivity index (χ2n) is 7.58. The Kier molecular flexibility index (Phi) is 10.9. The number of hydrogen-bond donors (Lipinski definition) is 3. The monoisotopic (exact) mass is 461 g/mol. The molecule has 1 fully saturated rings. The van der Waals surface area contributed by atoms with Gasteiger partial charge in [-0.25, -0.2) is 0 Å². The summed E-state index contributed by atoms with van der Waals surface area (Å²) in [4.78, 5) is 0. The maximum atomic E-state index is 5.21. The van der Waals surface area contributed by atoms with Gasteiger partial charge in [-0.05, 0) is 35.4 Å². The molecule has 0 bridgehead atoms. The Morgan fingerprint density at radius 2 is 1.16 bits per heavy atom. The van der Waals surface area contributed by atoms with Crippen LogP contribution in [0.25, 0.3) is 0 Å². The van der Waals surface area contributed by atoms with E-state index in [1.807, 2.05) is 47.8 Å². The summed E-state index contributed by atoms with van der Waals surface area (Å²) in [5.41, 5.74) is 2.69. The molecule has 0 aliphatic carbocycles. The molecule has 0 saturated carbocycles. The van der Waals surface area contributed by atoms with Crippen molar-refractivity contribution in [2.24, 2.45) is 0 Å². The van der Waals surface area contributed by atoms with Crippen molar-refractivity contribution in [2.45, 2.75) is 23.6 Å². The van der Waals surface area contributed by atoms with Crippen LogP contribution in [0, 0.1) is 0 Å². The van der Waals surface area contributed by atoms with Crippen molar-refractivity contribution in [3.8, 4) is 11.5 Å². The van der Waals surface area contributed by atoms with Gasteiger partial charge in [0, 0.05) is 61.3 Å². The SMILES string of the molecule is COc1ccc(CSCCN[C@@H]2CNC[C@H]2NCCSCc2ccc(OC)cc2)cc1. The van der Waals surface area contributed by atoms with Crippen LogP contribution in [0.2, 0.25) is 0 Å². The zero-order valence-corrected chi connectivity index (χ0v) is 20.2. The maximum absolute atomic E-state index is 5.21. The van der Waals surface area contributed by atoms with E-state index >= 15 is 0 Å². The summed E-state index contributed by atoms with van der Waals surface area (Å²) in [5.74, 6) is 6.16. The molecule has 0 unspecified atom stereocenters. The maximum Gasteiger partial charge on any atom is 0.118 e. The standard InChI is InChI=1S/C24H35N3O2S2/c1-28-21-7-3-19(4-8-21)17-30-13-11-26-23-15-25-16-24(23)27-12-14-31-18-20-5-9-22(29-2)10-6-20/h3-10,23-27H,11-18H2,1-2H3/t23-,24-/m1/s1. The third-order valence-electron chi connectivity index (χ3n) is 5.38. The van der Waals surface area contributed by atoms with Gasteiger partial charge in [-0.3, -0.25) is 0 Å². The molecular formula is C24H35N3O2S2. The molecule has 0 aromatic heterocycles. The molecule has 1 aliphatic rings. The lowest BCUT2D eigenvalue weighted by Crippen LogP contribution is -2.48. The van der Waals surface area contributed by atoms with Crippen molar-refractivity contribution in [3.63, 3.8) is 0 Å². The molecule has 2 aromatic carbocycles. The average molecular weight is 462 g/mol. The summed E-state index contributed by atoms with van der Waals surface area (Å²) in [6, 6.07) is 17.7. The lowest BCUT2D eigenvalue weighted by Gasteiger charge is -2.21. The molecule has 2 atom stereocenters. The number of rotatable bonds is 14. The minimum atomic E-state index is 0.508. The third-order valence-corrected chi connectivity index (χ3v) is 7.44. The fourth-order valence-electron chi connectivity index (χ4n) is 3.56. The highest BCUT2D eigenvalue weighted by molar-refractivity contribution is 7.98. The van der Waals surface area contributed by atoms with Gasteiger partial charge >= 0.3 is 0 Å². The highest BCUT2D eigenvalue weighted by Gasteiger charge is 2.25. The second-order valence-corrected chi connectivity index (χ2v) is 9.79. The number of thioether (sulfide) groups is 2. The molecule has 0 spiro atoms. The van der Waals surface area contributed by atoms with Crippen LogP contribution in [0.3, 0.4) is 0 Å². The van der Waals surface area contributed by atoms with Crippen LogP contribution in [-0.4, -0.2) is 64.0 Å². The fourth-order valence-corrected chi connectivity index (χ4v) is 5.23. The zero-order chi connectivity index (χ0) is 21.7. The Balaban J connectivity index is 1.23. The average Bonchev–Trinajstić information content (AvgIpc) is 3.26. The highest BCUT2D eigenvalue weighted by atomic mass is 32.2. The first-order valence-electron chi connectivity index (χ1n) is 10.9. The van der Waals surface area contributed by atoms with E-state index in [0.29, 0.717) is 12.1 Å². The molecule has 3 N–H and O–H groups in total. The molecule has 5 nitrogen and oxygen atoms in total. The van der Waals surface area contributed by atoms with Gasteiger partial charge in [0.15, 0.2) is 0 Å². The van der Waals surface area contributed by atoms with E-state index in [1.54, 1.807) is 14.2 Å². The summed E-state index contributed by atoms with van der Waals surface area (Å²) in [7, 11) is 3.41. The van der Waals surface area contributed by atoms with Crippen LogP contribution in [0.4, 0.5) is 0 Å². The molecular weight excluding hydrogens is 426 g/mol. The Morgan fingerprint density at radius 1 is 0.742 bits per heavy atom. The molecule has 31 heavy (non-hydrogen) atoms. The number of benzene rings is 2. The molecule has 170 valence electrons. The number of nitrogens with one attached hydrogen (secondary N) is 3.